The number of benzene rings is 2. The third-order valence-corrected chi connectivity index (χ3v) is 3.85. The number of rotatable bonds is 1. The minimum absolute atomic E-state index is 0.121. The molecule has 0 saturated heterocycles. The van der Waals surface area contributed by atoms with Gasteiger partial charge in [-0.05, 0) is 35.9 Å². The van der Waals surface area contributed by atoms with E-state index >= 15 is 0 Å². The first-order valence-corrected chi connectivity index (χ1v) is 7.29. The molecule has 3 nitrogen and oxygen atoms in total. The molecule has 2 aromatic carbocycles. The highest BCUT2D eigenvalue weighted by atomic mass is 16.3. The van der Waals surface area contributed by atoms with E-state index in [2.05, 4.69) is 0 Å². The van der Waals surface area contributed by atoms with Crippen LogP contribution in [0.5, 0.6) is 0 Å². The van der Waals surface area contributed by atoms with E-state index in [1.165, 1.54) is 12.2 Å². The number of allylic oxidation sites excluding steroid dienone is 2. The van der Waals surface area contributed by atoms with Crippen molar-refractivity contribution in [3.8, 4) is 0 Å². The van der Waals surface area contributed by atoms with Crippen LogP contribution in [-0.4, -0.2) is 5.78 Å². The molecule has 0 spiro atoms. The van der Waals surface area contributed by atoms with E-state index in [0.29, 0.717) is 27.9 Å². The average molecular weight is 300 g/mol. The Bertz CT molecular complexity index is 1040. The van der Waals surface area contributed by atoms with Gasteiger partial charge in [0.2, 0.25) is 5.43 Å². The number of carbonyl (C=O) groups excluding carboxylic acids is 1. The molecule has 1 heterocycles. The Balaban J connectivity index is 2.02. The maximum Gasteiger partial charge on any atom is 0.200 e. The zero-order valence-corrected chi connectivity index (χ0v) is 12.2. The second-order valence-electron chi connectivity index (χ2n) is 5.34. The van der Waals surface area contributed by atoms with E-state index in [9.17, 15) is 9.59 Å². The molecule has 1 aliphatic rings. The third kappa shape index (κ3) is 2.23. The van der Waals surface area contributed by atoms with Crippen LogP contribution in [0.1, 0.15) is 16.9 Å². The quantitative estimate of drug-likeness (QED) is 0.640. The lowest BCUT2D eigenvalue weighted by Gasteiger charge is -2.12. The summed E-state index contributed by atoms with van der Waals surface area (Å²) in [5, 5.41) is 0.518. The molecule has 0 aliphatic heterocycles. The SMILES string of the molecule is O=C1C=Cc2c(oc3ccccc3c2=O)/C1=C/c1ccccc1. The van der Waals surface area contributed by atoms with E-state index in [1.807, 2.05) is 30.3 Å². The molecule has 4 rings (SSSR count). The number of carbonyl (C=O) groups is 1. The fraction of sp³-hybridized carbons (Fsp3) is 0. The first-order chi connectivity index (χ1) is 11.2. The smallest absolute Gasteiger partial charge is 0.200 e. The van der Waals surface area contributed by atoms with Crippen LogP contribution in [0, 0.1) is 0 Å². The highest BCUT2D eigenvalue weighted by Crippen LogP contribution is 2.29. The molecule has 110 valence electrons. The molecule has 0 unspecified atom stereocenters. The molecular weight excluding hydrogens is 288 g/mol. The number of hydrogen-bond donors (Lipinski definition) is 0. The molecule has 1 aliphatic carbocycles. The maximum absolute atomic E-state index is 12.6. The van der Waals surface area contributed by atoms with Crippen LogP contribution in [-0.2, 0) is 4.79 Å². The average Bonchev–Trinajstić information content (AvgIpc) is 2.59. The van der Waals surface area contributed by atoms with Crippen molar-refractivity contribution in [2.45, 2.75) is 0 Å². The molecule has 1 aromatic heterocycles. The lowest BCUT2D eigenvalue weighted by atomic mass is 9.94. The molecule has 0 amide bonds. The summed E-state index contributed by atoms with van der Waals surface area (Å²) in [5.41, 5.74) is 2.07. The van der Waals surface area contributed by atoms with Crippen molar-refractivity contribution in [1.82, 2.24) is 0 Å². The second kappa shape index (κ2) is 5.21. The Morgan fingerprint density at radius 3 is 2.39 bits per heavy atom. The standard InChI is InChI=1S/C20H12O3/c21-17-11-10-15-19(22)14-8-4-5-9-18(14)23-20(15)16(17)12-13-6-2-1-3-7-13/h1-12H/b16-12+. The van der Waals surface area contributed by atoms with Crippen molar-refractivity contribution >= 4 is 34.5 Å². The van der Waals surface area contributed by atoms with Crippen molar-refractivity contribution in [3.63, 3.8) is 0 Å². The van der Waals surface area contributed by atoms with Crippen LogP contribution < -0.4 is 5.43 Å². The molecule has 0 fully saturated rings. The van der Waals surface area contributed by atoms with Gasteiger partial charge in [0.05, 0.1) is 16.5 Å². The van der Waals surface area contributed by atoms with Crippen molar-refractivity contribution in [3.05, 3.63) is 87.8 Å². The van der Waals surface area contributed by atoms with Crippen molar-refractivity contribution < 1.29 is 9.21 Å². The van der Waals surface area contributed by atoms with E-state index in [4.69, 9.17) is 4.42 Å². The minimum atomic E-state index is -0.167. The second-order valence-corrected chi connectivity index (χ2v) is 5.34. The van der Waals surface area contributed by atoms with Gasteiger partial charge < -0.3 is 4.42 Å². The Labute approximate surface area is 132 Å². The summed E-state index contributed by atoms with van der Waals surface area (Å²) in [4.78, 5) is 24.9. The van der Waals surface area contributed by atoms with Crippen LogP contribution in [0.4, 0.5) is 0 Å². The molecule has 3 aromatic rings. The highest BCUT2D eigenvalue weighted by Gasteiger charge is 2.23. The van der Waals surface area contributed by atoms with Crippen molar-refractivity contribution in [1.29, 1.82) is 0 Å². The van der Waals surface area contributed by atoms with Gasteiger partial charge in [-0.25, -0.2) is 0 Å². The van der Waals surface area contributed by atoms with Crippen molar-refractivity contribution in [2.24, 2.45) is 0 Å². The lowest BCUT2D eigenvalue weighted by Crippen LogP contribution is -2.14. The molecule has 0 radical (unpaired) electrons. The molecule has 0 bridgehead atoms. The Kier molecular flexibility index (Phi) is 3.05. The fourth-order valence-electron chi connectivity index (χ4n) is 2.72. The van der Waals surface area contributed by atoms with Crippen molar-refractivity contribution in [2.75, 3.05) is 0 Å². The van der Waals surface area contributed by atoms with Gasteiger partial charge in [-0.3, -0.25) is 9.59 Å². The summed E-state index contributed by atoms with van der Waals surface area (Å²) in [6.07, 6.45) is 4.71. The molecule has 0 N–H and O–H groups in total. The van der Waals surface area contributed by atoms with E-state index in [0.717, 1.165) is 5.56 Å². The maximum atomic E-state index is 12.6. The monoisotopic (exact) mass is 300 g/mol. The number of fused-ring (bicyclic) bond motifs is 2. The summed E-state index contributed by atoms with van der Waals surface area (Å²) >= 11 is 0. The van der Waals surface area contributed by atoms with Crippen LogP contribution in [0.2, 0.25) is 0 Å². The number of hydrogen-bond acceptors (Lipinski definition) is 3. The lowest BCUT2D eigenvalue weighted by molar-refractivity contribution is -0.109. The van der Waals surface area contributed by atoms with Gasteiger partial charge in [0.25, 0.3) is 0 Å². The summed E-state index contributed by atoms with van der Waals surface area (Å²) < 4.78 is 5.88. The first-order valence-electron chi connectivity index (χ1n) is 7.29. The molecule has 0 saturated carbocycles. The van der Waals surface area contributed by atoms with E-state index < -0.39 is 0 Å². The fourth-order valence-corrected chi connectivity index (χ4v) is 2.72. The zero-order chi connectivity index (χ0) is 15.8. The van der Waals surface area contributed by atoms with Gasteiger partial charge in [-0.2, -0.15) is 0 Å². The van der Waals surface area contributed by atoms with Gasteiger partial charge in [-0.15, -0.1) is 0 Å². The molecule has 23 heavy (non-hydrogen) atoms. The van der Waals surface area contributed by atoms with Gasteiger partial charge in [0.15, 0.2) is 5.78 Å². The predicted octanol–water partition coefficient (Wildman–Crippen LogP) is 3.93. The Hall–Kier alpha value is -3.20. The molecule has 3 heteroatoms. The van der Waals surface area contributed by atoms with Crippen LogP contribution in [0.3, 0.4) is 0 Å². The number of para-hydroxylation sites is 1. The van der Waals surface area contributed by atoms with E-state index in [-0.39, 0.29) is 11.2 Å². The normalized spacial score (nSPS) is 15.1. The topological polar surface area (TPSA) is 47.3 Å². The van der Waals surface area contributed by atoms with Crippen LogP contribution >= 0.6 is 0 Å². The largest absolute Gasteiger partial charge is 0.455 e. The predicted molar refractivity (Wildman–Crippen MR) is 90.8 cm³/mol. The van der Waals surface area contributed by atoms with Gasteiger partial charge in [-0.1, -0.05) is 42.5 Å². The number of ketones is 1. The van der Waals surface area contributed by atoms with Crippen LogP contribution in [0.15, 0.2) is 69.9 Å². The summed E-state index contributed by atoms with van der Waals surface area (Å²) in [5.74, 6) is 0.171. The molecule has 0 atom stereocenters. The third-order valence-electron chi connectivity index (χ3n) is 3.85. The Morgan fingerprint density at radius 2 is 1.57 bits per heavy atom. The summed E-state index contributed by atoms with van der Waals surface area (Å²) in [6.45, 7) is 0. The zero-order valence-electron chi connectivity index (χ0n) is 12.2. The molecular formula is C20H12O3. The highest BCUT2D eigenvalue weighted by molar-refractivity contribution is 6.32. The first kappa shape index (κ1) is 13.5. The van der Waals surface area contributed by atoms with Crippen LogP contribution in [0.25, 0.3) is 28.7 Å². The minimum Gasteiger partial charge on any atom is -0.455 e. The van der Waals surface area contributed by atoms with Gasteiger partial charge >= 0.3 is 0 Å². The van der Waals surface area contributed by atoms with Gasteiger partial charge in [0, 0.05) is 0 Å². The van der Waals surface area contributed by atoms with E-state index in [1.54, 1.807) is 30.3 Å². The Morgan fingerprint density at radius 1 is 0.826 bits per heavy atom. The summed E-state index contributed by atoms with van der Waals surface area (Å²) in [7, 11) is 0. The summed E-state index contributed by atoms with van der Waals surface area (Å²) in [6, 6.07) is 16.6. The van der Waals surface area contributed by atoms with Gasteiger partial charge in [0.1, 0.15) is 11.3 Å².